The Morgan fingerprint density at radius 1 is 1.35 bits per heavy atom. The predicted molar refractivity (Wildman–Crippen MR) is 98.6 cm³/mol. The number of aryl methyl sites for hydroxylation is 1. The summed E-state index contributed by atoms with van der Waals surface area (Å²) in [6.45, 7) is 1.61. The summed E-state index contributed by atoms with van der Waals surface area (Å²) in [5, 5.41) is 2.66. The van der Waals surface area contributed by atoms with E-state index in [1.165, 1.54) is 0 Å². The first-order valence-electron chi connectivity index (χ1n) is 8.99. The van der Waals surface area contributed by atoms with Crippen LogP contribution in [0.2, 0.25) is 0 Å². The molecule has 7 heteroatoms. The number of hydrogen-bond donors (Lipinski definition) is 1. The second-order valence-corrected chi connectivity index (χ2v) is 6.83. The summed E-state index contributed by atoms with van der Waals surface area (Å²) < 4.78 is 7.37. The first kappa shape index (κ1) is 18.4. The molecule has 0 unspecified atom stereocenters. The van der Waals surface area contributed by atoms with Gasteiger partial charge in [0.1, 0.15) is 0 Å². The van der Waals surface area contributed by atoms with Gasteiger partial charge in [0.2, 0.25) is 11.8 Å². The number of imidazole rings is 1. The normalized spacial score (nSPS) is 19.8. The summed E-state index contributed by atoms with van der Waals surface area (Å²) in [5.74, 6) is -0.0106. The molecule has 1 N–H and O–H groups in total. The average molecular weight is 358 g/mol. The number of nitrogens with one attached hydrogen (secondary N) is 1. The first-order chi connectivity index (χ1) is 12.6. The topological polar surface area (TPSA) is 76.5 Å². The molecule has 1 aromatic carbocycles. The van der Waals surface area contributed by atoms with Gasteiger partial charge in [-0.25, -0.2) is 4.98 Å². The maximum Gasteiger partial charge on any atom is 0.224 e. The number of aromatic nitrogens is 2. The minimum atomic E-state index is -0.539. The first-order valence-corrected chi connectivity index (χ1v) is 8.99. The lowest BCUT2D eigenvalue weighted by molar-refractivity contribution is -0.139. The number of carbonyl (C=O) groups excluding carboxylic acids is 2. The molecular formula is C19H26N4O3. The number of nitrogens with zero attached hydrogens (tertiary/aromatic N) is 3. The van der Waals surface area contributed by atoms with Crippen LogP contribution in [-0.2, 0) is 20.9 Å². The maximum atomic E-state index is 12.9. The quantitative estimate of drug-likeness (QED) is 0.815. The molecule has 140 valence electrons. The summed E-state index contributed by atoms with van der Waals surface area (Å²) in [5.41, 5.74) is 1.41. The smallest absolute Gasteiger partial charge is 0.224 e. The van der Waals surface area contributed by atoms with Crippen molar-refractivity contribution in [2.24, 2.45) is 0 Å². The molecule has 1 aromatic heterocycles. The van der Waals surface area contributed by atoms with Gasteiger partial charge in [0, 0.05) is 33.7 Å². The zero-order chi connectivity index (χ0) is 18.6. The van der Waals surface area contributed by atoms with Crippen molar-refractivity contribution in [2.45, 2.75) is 37.8 Å². The minimum absolute atomic E-state index is 0.0567. The lowest BCUT2D eigenvalue weighted by Gasteiger charge is -2.37. The fraction of sp³-hybridized carbons (Fsp3) is 0.526. The van der Waals surface area contributed by atoms with E-state index in [9.17, 15) is 9.59 Å². The molecule has 0 radical (unpaired) electrons. The van der Waals surface area contributed by atoms with E-state index in [0.717, 1.165) is 23.9 Å². The second kappa shape index (κ2) is 7.86. The van der Waals surface area contributed by atoms with Crippen LogP contribution < -0.4 is 5.32 Å². The molecule has 1 saturated heterocycles. The van der Waals surface area contributed by atoms with Crippen molar-refractivity contribution in [3.63, 3.8) is 0 Å². The molecule has 1 fully saturated rings. The standard InChI is InChI=1S/C19H26N4O3/c1-20-17(24)12-19(13-26-2)9-5-10-23(19)18(25)8-11-22-14-21-15-6-3-4-7-16(15)22/h3-4,6-7,14H,5,8-13H2,1-2H3,(H,20,24)/t19-/m0/s1. The van der Waals surface area contributed by atoms with E-state index < -0.39 is 5.54 Å². The number of fused-ring (bicyclic) bond motifs is 1. The van der Waals surface area contributed by atoms with Gasteiger partial charge in [-0.3, -0.25) is 9.59 Å². The van der Waals surface area contributed by atoms with Crippen molar-refractivity contribution >= 4 is 22.8 Å². The SMILES string of the molecule is CNC(=O)C[C@]1(COC)CCCN1C(=O)CCn1cnc2ccccc21. The largest absolute Gasteiger partial charge is 0.382 e. The molecule has 26 heavy (non-hydrogen) atoms. The predicted octanol–water partition coefficient (Wildman–Crippen LogP) is 1.57. The van der Waals surface area contributed by atoms with E-state index in [-0.39, 0.29) is 18.2 Å². The number of amides is 2. The summed E-state index contributed by atoms with van der Waals surface area (Å²) in [6.07, 6.45) is 4.10. The third kappa shape index (κ3) is 3.58. The van der Waals surface area contributed by atoms with Gasteiger partial charge in [-0.05, 0) is 25.0 Å². The van der Waals surface area contributed by atoms with Gasteiger partial charge in [0.15, 0.2) is 0 Å². The summed E-state index contributed by atoms with van der Waals surface area (Å²) >= 11 is 0. The zero-order valence-corrected chi connectivity index (χ0v) is 15.4. The van der Waals surface area contributed by atoms with Crippen LogP contribution in [0.25, 0.3) is 11.0 Å². The average Bonchev–Trinajstić information content (AvgIpc) is 3.24. The monoisotopic (exact) mass is 358 g/mol. The van der Waals surface area contributed by atoms with Gasteiger partial charge in [-0.15, -0.1) is 0 Å². The van der Waals surface area contributed by atoms with E-state index in [1.807, 2.05) is 33.7 Å². The zero-order valence-electron chi connectivity index (χ0n) is 15.4. The number of benzene rings is 1. The lowest BCUT2D eigenvalue weighted by atomic mass is 9.92. The molecule has 7 nitrogen and oxygen atoms in total. The van der Waals surface area contributed by atoms with Gasteiger partial charge in [-0.2, -0.15) is 0 Å². The Kier molecular flexibility index (Phi) is 5.56. The van der Waals surface area contributed by atoms with E-state index in [2.05, 4.69) is 10.3 Å². The van der Waals surface area contributed by atoms with Crippen LogP contribution in [0, 0.1) is 0 Å². The number of methoxy groups -OCH3 is 1. The maximum absolute atomic E-state index is 12.9. The number of para-hydroxylation sites is 2. The van der Waals surface area contributed by atoms with E-state index in [4.69, 9.17) is 4.74 Å². The van der Waals surface area contributed by atoms with Crippen molar-refractivity contribution in [1.29, 1.82) is 0 Å². The van der Waals surface area contributed by atoms with Gasteiger partial charge >= 0.3 is 0 Å². The Labute approximate surface area is 153 Å². The molecular weight excluding hydrogens is 332 g/mol. The van der Waals surface area contributed by atoms with E-state index in [0.29, 0.717) is 26.1 Å². The highest BCUT2D eigenvalue weighted by Gasteiger charge is 2.44. The van der Waals surface area contributed by atoms with Crippen LogP contribution in [0.4, 0.5) is 0 Å². The van der Waals surface area contributed by atoms with Crippen molar-refractivity contribution < 1.29 is 14.3 Å². The van der Waals surface area contributed by atoms with Gasteiger partial charge < -0.3 is 19.5 Å². The fourth-order valence-corrected chi connectivity index (χ4v) is 3.91. The molecule has 2 aromatic rings. The van der Waals surface area contributed by atoms with E-state index in [1.54, 1.807) is 20.5 Å². The fourth-order valence-electron chi connectivity index (χ4n) is 3.91. The van der Waals surface area contributed by atoms with Gasteiger partial charge in [0.05, 0.1) is 35.9 Å². The summed E-state index contributed by atoms with van der Waals surface area (Å²) in [7, 11) is 3.23. The highest BCUT2D eigenvalue weighted by atomic mass is 16.5. The van der Waals surface area contributed by atoms with Crippen molar-refractivity contribution in [1.82, 2.24) is 19.8 Å². The molecule has 1 atom stereocenters. The van der Waals surface area contributed by atoms with Crippen LogP contribution >= 0.6 is 0 Å². The molecule has 1 aliphatic rings. The number of hydrogen-bond acceptors (Lipinski definition) is 4. The molecule has 3 rings (SSSR count). The van der Waals surface area contributed by atoms with Crippen LogP contribution in [0.1, 0.15) is 25.7 Å². The highest BCUT2D eigenvalue weighted by molar-refractivity contribution is 5.81. The number of ether oxygens (including phenoxy) is 1. The Bertz CT molecular complexity index is 788. The summed E-state index contributed by atoms with van der Waals surface area (Å²) in [4.78, 5) is 31.2. The van der Waals surface area contributed by atoms with Crippen LogP contribution in [0.3, 0.4) is 0 Å². The van der Waals surface area contributed by atoms with Gasteiger partial charge in [-0.1, -0.05) is 12.1 Å². The van der Waals surface area contributed by atoms with Crippen LogP contribution in [-0.4, -0.2) is 59.1 Å². The van der Waals surface area contributed by atoms with Crippen molar-refractivity contribution in [3.8, 4) is 0 Å². The molecule has 2 amide bonds. The lowest BCUT2D eigenvalue weighted by Crippen LogP contribution is -2.53. The van der Waals surface area contributed by atoms with E-state index >= 15 is 0 Å². The molecule has 1 aliphatic heterocycles. The van der Waals surface area contributed by atoms with Crippen molar-refractivity contribution in [3.05, 3.63) is 30.6 Å². The molecule has 0 saturated carbocycles. The molecule has 2 heterocycles. The second-order valence-electron chi connectivity index (χ2n) is 6.83. The van der Waals surface area contributed by atoms with Crippen molar-refractivity contribution in [2.75, 3.05) is 27.3 Å². The Balaban J connectivity index is 1.71. The van der Waals surface area contributed by atoms with Gasteiger partial charge in [0.25, 0.3) is 0 Å². The molecule has 0 spiro atoms. The highest BCUT2D eigenvalue weighted by Crippen LogP contribution is 2.33. The Morgan fingerprint density at radius 2 is 2.15 bits per heavy atom. The molecule has 0 bridgehead atoms. The van der Waals surface area contributed by atoms with Crippen LogP contribution in [0.5, 0.6) is 0 Å². The molecule has 0 aliphatic carbocycles. The Hall–Kier alpha value is -2.41. The third-order valence-electron chi connectivity index (χ3n) is 5.17. The third-order valence-corrected chi connectivity index (χ3v) is 5.17. The number of rotatable bonds is 7. The van der Waals surface area contributed by atoms with Crippen LogP contribution in [0.15, 0.2) is 30.6 Å². The number of carbonyl (C=O) groups is 2. The minimum Gasteiger partial charge on any atom is -0.382 e. The number of likely N-dealkylation sites (tertiary alicyclic amines) is 1. The Morgan fingerprint density at radius 3 is 2.92 bits per heavy atom. The summed E-state index contributed by atoms with van der Waals surface area (Å²) in [6, 6.07) is 7.88.